The number of fused-ring (bicyclic) bond motifs is 1. The van der Waals surface area contributed by atoms with Gasteiger partial charge in [-0.25, -0.2) is 4.79 Å². The van der Waals surface area contributed by atoms with Crippen LogP contribution < -0.4 is 4.74 Å². The lowest BCUT2D eigenvalue weighted by Gasteiger charge is -2.33. The van der Waals surface area contributed by atoms with Crippen LogP contribution in [0.4, 0.5) is 0 Å². The molecule has 3 rings (SSSR count). The molecule has 1 aliphatic rings. The van der Waals surface area contributed by atoms with Crippen molar-refractivity contribution in [2.24, 2.45) is 0 Å². The summed E-state index contributed by atoms with van der Waals surface area (Å²) in [6, 6.07) is 6.80. The van der Waals surface area contributed by atoms with Gasteiger partial charge in [0.15, 0.2) is 5.82 Å². The van der Waals surface area contributed by atoms with E-state index in [1.807, 2.05) is 31.2 Å². The molecule has 0 bridgehead atoms. The average molecular weight is 358 g/mol. The second-order valence-corrected chi connectivity index (χ2v) is 6.42. The van der Waals surface area contributed by atoms with E-state index in [1.165, 1.54) is 4.90 Å². The van der Waals surface area contributed by atoms with E-state index in [9.17, 15) is 14.7 Å². The van der Waals surface area contributed by atoms with Crippen LogP contribution in [0.15, 0.2) is 24.3 Å². The number of ether oxygens (including phenoxy) is 1. The first kappa shape index (κ1) is 17.9. The summed E-state index contributed by atoms with van der Waals surface area (Å²) in [6.07, 6.45) is 0.740. The summed E-state index contributed by atoms with van der Waals surface area (Å²) in [5, 5.41) is 17.5. The highest BCUT2D eigenvalue weighted by atomic mass is 16.5. The molecule has 0 radical (unpaired) electrons. The number of nitrogens with zero attached hydrogens (tertiary/aromatic N) is 4. The summed E-state index contributed by atoms with van der Waals surface area (Å²) in [5.74, 6) is 0.807. The SMILES string of the molecule is Cc1cccc(OCCCC(=O)N2Cc3nnc(C)n3CC2C(=O)O)c1. The monoisotopic (exact) mass is 358 g/mol. The Morgan fingerprint density at radius 3 is 2.85 bits per heavy atom. The predicted octanol–water partition coefficient (Wildman–Crippen LogP) is 1.55. The number of aryl methyl sites for hydroxylation is 2. The Morgan fingerprint density at radius 2 is 2.12 bits per heavy atom. The summed E-state index contributed by atoms with van der Waals surface area (Å²) < 4.78 is 7.40. The predicted molar refractivity (Wildman–Crippen MR) is 92.6 cm³/mol. The Labute approximate surface area is 151 Å². The van der Waals surface area contributed by atoms with Crippen molar-refractivity contribution in [2.45, 2.75) is 45.8 Å². The zero-order valence-corrected chi connectivity index (χ0v) is 14.9. The van der Waals surface area contributed by atoms with Crippen LogP contribution >= 0.6 is 0 Å². The van der Waals surface area contributed by atoms with Crippen molar-refractivity contribution in [3.8, 4) is 5.75 Å². The lowest BCUT2D eigenvalue weighted by molar-refractivity contribution is -0.152. The quantitative estimate of drug-likeness (QED) is 0.787. The standard InChI is InChI=1S/C18H22N4O4/c1-12-5-3-6-14(9-12)26-8-4-7-17(23)22-11-16-20-19-13(2)21(16)10-15(22)18(24)25/h3,5-6,9,15H,4,7-8,10-11H2,1-2H3,(H,24,25). The molecule has 0 aliphatic carbocycles. The summed E-state index contributed by atoms with van der Waals surface area (Å²) >= 11 is 0. The van der Waals surface area contributed by atoms with Crippen LogP contribution in [0.2, 0.25) is 0 Å². The number of carboxylic acid groups (broad SMARTS) is 1. The maximum absolute atomic E-state index is 12.5. The molecule has 0 saturated heterocycles. The molecule has 1 aliphatic heterocycles. The molecule has 8 nitrogen and oxygen atoms in total. The highest BCUT2D eigenvalue weighted by Crippen LogP contribution is 2.19. The van der Waals surface area contributed by atoms with E-state index in [0.29, 0.717) is 24.7 Å². The van der Waals surface area contributed by atoms with Gasteiger partial charge in [0, 0.05) is 6.42 Å². The third-order valence-corrected chi connectivity index (χ3v) is 4.45. The molecule has 8 heteroatoms. The number of rotatable bonds is 6. The highest BCUT2D eigenvalue weighted by Gasteiger charge is 2.35. The molecule has 1 unspecified atom stereocenters. The van der Waals surface area contributed by atoms with E-state index < -0.39 is 12.0 Å². The molecule has 26 heavy (non-hydrogen) atoms. The van der Waals surface area contributed by atoms with Crippen molar-refractivity contribution in [1.82, 2.24) is 19.7 Å². The van der Waals surface area contributed by atoms with Gasteiger partial charge < -0.3 is 19.3 Å². The van der Waals surface area contributed by atoms with Crippen molar-refractivity contribution >= 4 is 11.9 Å². The van der Waals surface area contributed by atoms with Gasteiger partial charge >= 0.3 is 5.97 Å². The van der Waals surface area contributed by atoms with Crippen molar-refractivity contribution in [3.05, 3.63) is 41.5 Å². The second-order valence-electron chi connectivity index (χ2n) is 6.42. The lowest BCUT2D eigenvalue weighted by atomic mass is 10.1. The number of aromatic nitrogens is 3. The number of benzene rings is 1. The molecule has 1 N–H and O–H groups in total. The highest BCUT2D eigenvalue weighted by molar-refractivity contribution is 5.83. The van der Waals surface area contributed by atoms with E-state index in [4.69, 9.17) is 4.74 Å². The molecule has 2 aromatic rings. The third-order valence-electron chi connectivity index (χ3n) is 4.45. The Hall–Kier alpha value is -2.90. The van der Waals surface area contributed by atoms with Crippen molar-refractivity contribution in [2.75, 3.05) is 6.61 Å². The number of carboxylic acids is 1. The van der Waals surface area contributed by atoms with Gasteiger partial charge in [-0.15, -0.1) is 10.2 Å². The van der Waals surface area contributed by atoms with Gasteiger partial charge in [-0.05, 0) is 38.0 Å². The van der Waals surface area contributed by atoms with Crippen molar-refractivity contribution < 1.29 is 19.4 Å². The molecule has 0 spiro atoms. The summed E-state index contributed by atoms with van der Waals surface area (Å²) in [6.45, 7) is 4.50. The molecule has 0 saturated carbocycles. The number of amides is 1. The average Bonchev–Trinajstić information content (AvgIpc) is 2.98. The fraction of sp³-hybridized carbons (Fsp3) is 0.444. The minimum Gasteiger partial charge on any atom is -0.494 e. The van der Waals surface area contributed by atoms with Gasteiger partial charge in [0.05, 0.1) is 19.7 Å². The van der Waals surface area contributed by atoms with Crippen molar-refractivity contribution in [3.63, 3.8) is 0 Å². The van der Waals surface area contributed by atoms with Crippen molar-refractivity contribution in [1.29, 1.82) is 0 Å². The molecule has 1 atom stereocenters. The van der Waals surface area contributed by atoms with E-state index in [1.54, 1.807) is 11.5 Å². The number of carbonyl (C=O) groups is 2. The van der Waals surface area contributed by atoms with E-state index in [2.05, 4.69) is 10.2 Å². The first-order valence-corrected chi connectivity index (χ1v) is 8.56. The summed E-state index contributed by atoms with van der Waals surface area (Å²) in [4.78, 5) is 25.5. The largest absolute Gasteiger partial charge is 0.494 e. The topological polar surface area (TPSA) is 97.5 Å². The smallest absolute Gasteiger partial charge is 0.328 e. The maximum atomic E-state index is 12.5. The molecule has 1 aromatic heterocycles. The van der Waals surface area contributed by atoms with Crippen LogP contribution in [0.3, 0.4) is 0 Å². The second kappa shape index (κ2) is 7.55. The number of hydrogen-bond acceptors (Lipinski definition) is 5. The van der Waals surface area contributed by atoms with Gasteiger partial charge in [-0.2, -0.15) is 0 Å². The minimum absolute atomic E-state index is 0.162. The summed E-state index contributed by atoms with van der Waals surface area (Å²) in [5.41, 5.74) is 1.11. The van der Waals surface area contributed by atoms with Gasteiger partial charge in [-0.1, -0.05) is 12.1 Å². The Morgan fingerprint density at radius 1 is 1.31 bits per heavy atom. The van der Waals surface area contributed by atoms with Gasteiger partial charge in [0.2, 0.25) is 5.91 Å². The zero-order valence-electron chi connectivity index (χ0n) is 14.9. The number of aliphatic carboxylic acids is 1. The normalized spacial score (nSPS) is 16.2. The summed E-state index contributed by atoms with van der Waals surface area (Å²) in [7, 11) is 0. The van der Waals surface area contributed by atoms with Gasteiger partial charge in [0.1, 0.15) is 17.6 Å². The zero-order chi connectivity index (χ0) is 18.7. The Kier molecular flexibility index (Phi) is 5.20. The van der Waals surface area contributed by atoms with Gasteiger partial charge in [0.25, 0.3) is 0 Å². The Balaban J connectivity index is 1.57. The van der Waals surface area contributed by atoms with Crippen LogP contribution in [0.1, 0.15) is 30.1 Å². The molecule has 0 fully saturated rings. The third kappa shape index (κ3) is 3.84. The van der Waals surface area contributed by atoms with Gasteiger partial charge in [-0.3, -0.25) is 4.79 Å². The molecule has 2 heterocycles. The fourth-order valence-corrected chi connectivity index (χ4v) is 3.05. The van der Waals surface area contributed by atoms with Crippen LogP contribution in [0, 0.1) is 13.8 Å². The first-order chi connectivity index (χ1) is 12.5. The van der Waals surface area contributed by atoms with Crippen LogP contribution in [-0.2, 0) is 22.7 Å². The van der Waals surface area contributed by atoms with Crippen LogP contribution in [0.25, 0.3) is 0 Å². The van der Waals surface area contributed by atoms with E-state index in [-0.39, 0.29) is 25.4 Å². The molecular formula is C18H22N4O4. The van der Waals surface area contributed by atoms with E-state index in [0.717, 1.165) is 11.3 Å². The van der Waals surface area contributed by atoms with Crippen LogP contribution in [-0.4, -0.2) is 49.3 Å². The molecular weight excluding hydrogens is 336 g/mol. The Bertz CT molecular complexity index is 817. The lowest BCUT2D eigenvalue weighted by Crippen LogP contribution is -2.50. The minimum atomic E-state index is -1.02. The first-order valence-electron chi connectivity index (χ1n) is 8.56. The molecule has 1 aromatic carbocycles. The molecule has 1 amide bonds. The number of carbonyl (C=O) groups excluding carboxylic acids is 1. The number of hydrogen-bond donors (Lipinski definition) is 1. The molecule has 138 valence electrons. The maximum Gasteiger partial charge on any atom is 0.328 e. The van der Waals surface area contributed by atoms with Crippen LogP contribution in [0.5, 0.6) is 5.75 Å². The fourth-order valence-electron chi connectivity index (χ4n) is 3.05. The van der Waals surface area contributed by atoms with E-state index >= 15 is 0 Å².